The third-order valence-electron chi connectivity index (χ3n) is 8.41. The molecule has 0 fully saturated rings. The molecule has 48 heavy (non-hydrogen) atoms. The van der Waals surface area contributed by atoms with E-state index < -0.39 is 23.4 Å². The lowest BCUT2D eigenvalue weighted by atomic mass is 9.76. The summed E-state index contributed by atoms with van der Waals surface area (Å²) in [6, 6.07) is 41.3. The zero-order valence-electron chi connectivity index (χ0n) is 25.5. The molecule has 0 radical (unpaired) electrons. The number of benzene rings is 5. The highest BCUT2D eigenvalue weighted by molar-refractivity contribution is 5.82. The molecule has 0 aliphatic carbocycles. The van der Waals surface area contributed by atoms with Crippen LogP contribution in [0.3, 0.4) is 0 Å². The van der Waals surface area contributed by atoms with Gasteiger partial charge >= 0.3 is 12.1 Å². The molecule has 6 nitrogen and oxygen atoms in total. The van der Waals surface area contributed by atoms with Gasteiger partial charge in [0.25, 0.3) is 5.56 Å². The number of oxazole rings is 1. The normalized spacial score (nSPS) is 11.9. The number of ether oxygens (including phenoxy) is 1. The second-order valence-electron chi connectivity index (χ2n) is 11.3. The Labute approximate surface area is 272 Å². The first-order valence-electron chi connectivity index (χ1n) is 15.1. The topological polar surface area (TPSA) is 66.4 Å². The maximum atomic E-state index is 14.1. The first kappa shape index (κ1) is 30.6. The molecular weight excluding hydrogens is 617 g/mol. The lowest BCUT2D eigenvalue weighted by molar-refractivity contribution is -0.274. The van der Waals surface area contributed by atoms with E-state index in [1.807, 2.05) is 103 Å². The third-order valence-corrected chi connectivity index (χ3v) is 8.41. The molecule has 0 aliphatic rings. The lowest BCUT2D eigenvalue weighted by Gasteiger charge is -2.36. The molecule has 7 rings (SSSR count). The highest BCUT2D eigenvalue weighted by atomic mass is 19.4. The Bertz CT molecular complexity index is 2250. The van der Waals surface area contributed by atoms with Crippen LogP contribution in [0.15, 0.2) is 160 Å². The standard InChI is InChI=1S/C39H27F3N2O4/c1-26-23-36(45)43(31-18-20-32(21-19-31)48-39(40,41)42)25-33(26)27-17-22-34-35(24-27)47-37(46)44(34)38(28-11-5-2-6-12-28,29-13-7-3-8-14-29)30-15-9-4-10-16-30/h2-25H,1H3. The highest BCUT2D eigenvalue weighted by Gasteiger charge is 2.41. The van der Waals surface area contributed by atoms with Crippen LogP contribution in [0, 0.1) is 6.92 Å². The zero-order chi connectivity index (χ0) is 33.5. The van der Waals surface area contributed by atoms with Crippen LogP contribution in [0.25, 0.3) is 27.9 Å². The number of nitrogens with zero attached hydrogens (tertiary/aromatic N) is 2. The predicted molar refractivity (Wildman–Crippen MR) is 178 cm³/mol. The molecule has 2 heterocycles. The molecule has 0 N–H and O–H groups in total. The monoisotopic (exact) mass is 644 g/mol. The average Bonchev–Trinajstić information content (AvgIpc) is 3.41. The third kappa shape index (κ3) is 5.39. The number of alkyl halides is 3. The van der Waals surface area contributed by atoms with Gasteiger partial charge in [-0.1, -0.05) is 97.1 Å². The van der Waals surface area contributed by atoms with E-state index in [2.05, 4.69) is 4.74 Å². The van der Waals surface area contributed by atoms with E-state index in [-0.39, 0.29) is 5.56 Å². The van der Waals surface area contributed by atoms with E-state index in [0.29, 0.717) is 33.5 Å². The van der Waals surface area contributed by atoms with Gasteiger partial charge in [0.05, 0.1) is 5.52 Å². The molecule has 0 unspecified atom stereocenters. The van der Waals surface area contributed by atoms with Crippen molar-refractivity contribution < 1.29 is 22.3 Å². The molecule has 0 spiro atoms. The quantitative estimate of drug-likeness (QED) is 0.163. The van der Waals surface area contributed by atoms with Crippen molar-refractivity contribution in [1.82, 2.24) is 9.13 Å². The average molecular weight is 645 g/mol. The van der Waals surface area contributed by atoms with Crippen LogP contribution in [0.2, 0.25) is 0 Å². The fourth-order valence-electron chi connectivity index (χ4n) is 6.37. The molecule has 0 amide bonds. The first-order valence-corrected chi connectivity index (χ1v) is 15.1. The van der Waals surface area contributed by atoms with Gasteiger partial charge < -0.3 is 9.15 Å². The van der Waals surface area contributed by atoms with E-state index in [4.69, 9.17) is 4.42 Å². The van der Waals surface area contributed by atoms with Crippen molar-refractivity contribution >= 4 is 11.1 Å². The number of hydrogen-bond donors (Lipinski definition) is 0. The number of pyridine rings is 1. The maximum Gasteiger partial charge on any atom is 0.573 e. The first-order chi connectivity index (χ1) is 23.1. The molecule has 0 saturated heterocycles. The van der Waals surface area contributed by atoms with Gasteiger partial charge in [0.2, 0.25) is 0 Å². The van der Waals surface area contributed by atoms with Crippen LogP contribution >= 0.6 is 0 Å². The number of halogens is 3. The van der Waals surface area contributed by atoms with E-state index in [0.717, 1.165) is 28.8 Å². The molecule has 0 bridgehead atoms. The van der Waals surface area contributed by atoms with Crippen LogP contribution in [0.5, 0.6) is 5.75 Å². The van der Waals surface area contributed by atoms with E-state index in [1.54, 1.807) is 23.8 Å². The summed E-state index contributed by atoms with van der Waals surface area (Å²) in [4.78, 5) is 27.1. The minimum absolute atomic E-state index is 0.343. The highest BCUT2D eigenvalue weighted by Crippen LogP contribution is 2.42. The summed E-state index contributed by atoms with van der Waals surface area (Å²) < 4.78 is 51.0. The van der Waals surface area contributed by atoms with Crippen molar-refractivity contribution in [3.8, 4) is 22.6 Å². The van der Waals surface area contributed by atoms with Gasteiger partial charge in [0, 0.05) is 23.5 Å². The second-order valence-corrected chi connectivity index (χ2v) is 11.3. The Kier molecular flexibility index (Phi) is 7.59. The Morgan fingerprint density at radius 3 is 1.73 bits per heavy atom. The zero-order valence-corrected chi connectivity index (χ0v) is 25.5. The van der Waals surface area contributed by atoms with E-state index >= 15 is 0 Å². The number of aromatic nitrogens is 2. The van der Waals surface area contributed by atoms with Gasteiger partial charge in [-0.2, -0.15) is 0 Å². The molecular formula is C39H27F3N2O4. The van der Waals surface area contributed by atoms with Gasteiger partial charge in [-0.05, 0) is 71.1 Å². The minimum Gasteiger partial charge on any atom is -0.408 e. The van der Waals surface area contributed by atoms with Crippen molar-refractivity contribution in [3.05, 3.63) is 189 Å². The van der Waals surface area contributed by atoms with Crippen molar-refractivity contribution in [3.63, 3.8) is 0 Å². The molecule has 5 aromatic carbocycles. The summed E-state index contributed by atoms with van der Waals surface area (Å²) in [6.45, 7) is 1.79. The minimum atomic E-state index is -4.83. The molecule has 9 heteroatoms. The van der Waals surface area contributed by atoms with Crippen molar-refractivity contribution in [2.45, 2.75) is 18.8 Å². The Hall–Kier alpha value is -6.09. The van der Waals surface area contributed by atoms with Gasteiger partial charge in [-0.3, -0.25) is 13.9 Å². The van der Waals surface area contributed by atoms with Gasteiger partial charge in [0.15, 0.2) is 5.58 Å². The molecule has 2 aromatic heterocycles. The summed E-state index contributed by atoms with van der Waals surface area (Å²) >= 11 is 0. The summed E-state index contributed by atoms with van der Waals surface area (Å²) in [5.74, 6) is -0.948. The van der Waals surface area contributed by atoms with Crippen LogP contribution in [0.1, 0.15) is 22.3 Å². The van der Waals surface area contributed by atoms with Crippen LogP contribution in [-0.4, -0.2) is 15.5 Å². The molecule has 7 aromatic rings. The van der Waals surface area contributed by atoms with Crippen molar-refractivity contribution in [2.75, 3.05) is 0 Å². The summed E-state index contributed by atoms with van der Waals surface area (Å²) in [5.41, 5.74) is 4.43. The maximum absolute atomic E-state index is 14.1. The van der Waals surface area contributed by atoms with Crippen LogP contribution in [-0.2, 0) is 5.54 Å². The van der Waals surface area contributed by atoms with Gasteiger partial charge in [-0.25, -0.2) is 4.79 Å². The number of fused-ring (bicyclic) bond motifs is 1. The number of hydrogen-bond acceptors (Lipinski definition) is 4. The molecule has 0 aliphatic heterocycles. The van der Waals surface area contributed by atoms with Crippen LogP contribution < -0.4 is 16.1 Å². The van der Waals surface area contributed by atoms with E-state index in [9.17, 15) is 22.8 Å². The SMILES string of the molecule is Cc1cc(=O)n(-c2ccc(OC(F)(F)F)cc2)cc1-c1ccc2c(c1)oc(=O)n2C(c1ccccc1)(c1ccccc1)c1ccccc1. The molecule has 0 saturated carbocycles. The molecule has 238 valence electrons. The number of rotatable bonds is 7. The fraction of sp³-hybridized carbons (Fsp3) is 0.0769. The predicted octanol–water partition coefficient (Wildman–Crippen LogP) is 8.46. The Balaban J connectivity index is 1.40. The summed E-state index contributed by atoms with van der Waals surface area (Å²) in [6.07, 6.45) is -3.21. The van der Waals surface area contributed by atoms with Crippen molar-refractivity contribution in [1.29, 1.82) is 0 Å². The van der Waals surface area contributed by atoms with Gasteiger partial charge in [-0.15, -0.1) is 13.2 Å². The summed E-state index contributed by atoms with van der Waals surface area (Å²) in [5, 5.41) is 0. The fourth-order valence-corrected chi connectivity index (χ4v) is 6.37. The van der Waals surface area contributed by atoms with E-state index in [1.165, 1.54) is 22.8 Å². The number of aryl methyl sites for hydroxylation is 1. The van der Waals surface area contributed by atoms with Crippen molar-refractivity contribution in [2.24, 2.45) is 0 Å². The molecule has 0 atom stereocenters. The van der Waals surface area contributed by atoms with Gasteiger partial charge in [0.1, 0.15) is 11.3 Å². The summed E-state index contributed by atoms with van der Waals surface area (Å²) in [7, 11) is 0. The Morgan fingerprint density at radius 1 is 0.667 bits per heavy atom. The van der Waals surface area contributed by atoms with Crippen LogP contribution in [0.4, 0.5) is 13.2 Å². The lowest BCUT2D eigenvalue weighted by Crippen LogP contribution is -2.42. The smallest absolute Gasteiger partial charge is 0.408 e. The Morgan fingerprint density at radius 2 is 1.21 bits per heavy atom. The largest absolute Gasteiger partial charge is 0.573 e. The second kappa shape index (κ2) is 11.9.